The Morgan fingerprint density at radius 3 is 2.86 bits per heavy atom. The molecule has 0 unspecified atom stereocenters. The highest BCUT2D eigenvalue weighted by Gasteiger charge is 2.15. The van der Waals surface area contributed by atoms with Gasteiger partial charge in [0.1, 0.15) is 6.04 Å². The van der Waals surface area contributed by atoms with Gasteiger partial charge in [0.05, 0.1) is 22.6 Å². The third-order valence-corrected chi connectivity index (χ3v) is 3.48. The van der Waals surface area contributed by atoms with Gasteiger partial charge < -0.3 is 10.6 Å². The minimum atomic E-state index is -0.436. The third-order valence-electron chi connectivity index (χ3n) is 2.92. The Hall–Kier alpha value is -1.72. The second-order valence-corrected chi connectivity index (χ2v) is 5.41. The van der Waals surface area contributed by atoms with Gasteiger partial charge in [-0.1, -0.05) is 23.2 Å². The Labute approximate surface area is 133 Å². The Bertz CT molecular complexity index is 642. The van der Waals surface area contributed by atoms with Crippen molar-refractivity contribution in [3.8, 4) is 0 Å². The quantitative estimate of drug-likeness (QED) is 0.881. The van der Waals surface area contributed by atoms with Crippen molar-refractivity contribution in [2.24, 2.45) is 0 Å². The average molecular weight is 327 g/mol. The number of benzene rings is 1. The van der Waals surface area contributed by atoms with Crippen LogP contribution in [0, 0.1) is 0 Å². The number of nitrogens with one attached hydrogen (secondary N) is 2. The van der Waals surface area contributed by atoms with E-state index < -0.39 is 6.04 Å². The maximum Gasteiger partial charge on any atom is 0.246 e. The molecule has 0 aliphatic heterocycles. The molecule has 0 radical (unpaired) electrons. The molecular weight excluding hydrogens is 311 g/mol. The maximum absolute atomic E-state index is 12.2. The summed E-state index contributed by atoms with van der Waals surface area (Å²) in [4.78, 5) is 12.2. The first-order chi connectivity index (χ1) is 9.99. The van der Waals surface area contributed by atoms with Gasteiger partial charge in [0.15, 0.2) is 0 Å². The minimum absolute atomic E-state index is 0.205. The first kappa shape index (κ1) is 15.7. The molecule has 2 N–H and O–H groups in total. The molecule has 2 aromatic rings. The van der Waals surface area contributed by atoms with Gasteiger partial charge >= 0.3 is 0 Å². The van der Waals surface area contributed by atoms with Gasteiger partial charge in [-0.2, -0.15) is 5.10 Å². The number of anilines is 2. The van der Waals surface area contributed by atoms with Gasteiger partial charge in [0.2, 0.25) is 5.91 Å². The Balaban J connectivity index is 2.00. The lowest BCUT2D eigenvalue weighted by molar-refractivity contribution is -0.116. The first-order valence-electron chi connectivity index (χ1n) is 6.54. The van der Waals surface area contributed by atoms with Crippen molar-refractivity contribution in [2.45, 2.75) is 26.4 Å². The number of carbonyl (C=O) groups is 1. The molecule has 0 saturated carbocycles. The van der Waals surface area contributed by atoms with Crippen LogP contribution in [0.4, 0.5) is 11.4 Å². The largest absolute Gasteiger partial charge is 0.371 e. The Kier molecular flexibility index (Phi) is 5.09. The van der Waals surface area contributed by atoms with Crippen molar-refractivity contribution in [1.29, 1.82) is 0 Å². The lowest BCUT2D eigenvalue weighted by Crippen LogP contribution is -2.31. The van der Waals surface area contributed by atoms with Gasteiger partial charge in [-0.3, -0.25) is 9.48 Å². The smallest absolute Gasteiger partial charge is 0.246 e. The lowest BCUT2D eigenvalue weighted by atomic mass is 10.2. The number of aryl methyl sites for hydroxylation is 1. The van der Waals surface area contributed by atoms with E-state index in [1.165, 1.54) is 0 Å². The Morgan fingerprint density at radius 2 is 2.19 bits per heavy atom. The molecule has 1 atom stereocenters. The molecule has 0 aliphatic carbocycles. The number of halogens is 2. The molecule has 21 heavy (non-hydrogen) atoms. The summed E-state index contributed by atoms with van der Waals surface area (Å²) < 4.78 is 1.78. The van der Waals surface area contributed by atoms with E-state index in [9.17, 15) is 4.79 Å². The molecule has 112 valence electrons. The first-order valence-corrected chi connectivity index (χ1v) is 7.30. The van der Waals surface area contributed by atoms with E-state index in [-0.39, 0.29) is 5.91 Å². The Morgan fingerprint density at radius 1 is 1.43 bits per heavy atom. The highest BCUT2D eigenvalue weighted by Crippen LogP contribution is 2.25. The van der Waals surface area contributed by atoms with Crippen molar-refractivity contribution in [2.75, 3.05) is 10.6 Å². The molecule has 0 fully saturated rings. The number of carbonyl (C=O) groups excluding carboxylic acids is 1. The topological polar surface area (TPSA) is 59.0 Å². The molecule has 2 rings (SSSR count). The van der Waals surface area contributed by atoms with Crippen LogP contribution < -0.4 is 10.6 Å². The number of amides is 1. The normalized spacial score (nSPS) is 12.0. The van der Waals surface area contributed by atoms with E-state index in [0.717, 1.165) is 12.2 Å². The standard InChI is InChI=1S/C14H16Cl2N4O/c1-3-20-8-11(7-17-20)18-9(2)14(21)19-13-6-10(15)4-5-12(13)16/h4-9,18H,3H2,1-2H3,(H,19,21)/t9-/m1/s1. The van der Waals surface area contributed by atoms with Crippen molar-refractivity contribution >= 4 is 40.5 Å². The zero-order valence-electron chi connectivity index (χ0n) is 11.7. The van der Waals surface area contributed by atoms with Crippen molar-refractivity contribution < 1.29 is 4.79 Å². The molecule has 0 bridgehead atoms. The number of aromatic nitrogens is 2. The monoisotopic (exact) mass is 326 g/mol. The number of hydrogen-bond donors (Lipinski definition) is 2. The highest BCUT2D eigenvalue weighted by molar-refractivity contribution is 6.35. The molecule has 1 aromatic heterocycles. The highest BCUT2D eigenvalue weighted by atomic mass is 35.5. The third kappa shape index (κ3) is 4.12. The molecule has 0 spiro atoms. The van der Waals surface area contributed by atoms with Crippen LogP contribution in [0.2, 0.25) is 10.0 Å². The SMILES string of the molecule is CCn1cc(N[C@H](C)C(=O)Nc2cc(Cl)ccc2Cl)cn1. The van der Waals surface area contributed by atoms with Gasteiger partial charge in [-0.05, 0) is 32.0 Å². The average Bonchev–Trinajstić information content (AvgIpc) is 2.90. The maximum atomic E-state index is 12.2. The molecule has 7 heteroatoms. The number of nitrogens with zero attached hydrogens (tertiary/aromatic N) is 2. The van der Waals surface area contributed by atoms with Crippen molar-refractivity contribution in [1.82, 2.24) is 9.78 Å². The van der Waals surface area contributed by atoms with Crippen LogP contribution in [0.15, 0.2) is 30.6 Å². The summed E-state index contributed by atoms with van der Waals surface area (Å²) >= 11 is 11.9. The molecule has 5 nitrogen and oxygen atoms in total. The summed E-state index contributed by atoms with van der Waals surface area (Å²) in [6.45, 7) is 4.53. The van der Waals surface area contributed by atoms with E-state index in [1.807, 2.05) is 13.1 Å². The zero-order valence-corrected chi connectivity index (χ0v) is 13.2. The van der Waals surface area contributed by atoms with Crippen LogP contribution in [0.1, 0.15) is 13.8 Å². The summed E-state index contributed by atoms with van der Waals surface area (Å²) in [6.07, 6.45) is 3.52. The summed E-state index contributed by atoms with van der Waals surface area (Å²) in [7, 11) is 0. The zero-order chi connectivity index (χ0) is 15.4. The fraction of sp³-hybridized carbons (Fsp3) is 0.286. The van der Waals surface area contributed by atoms with E-state index >= 15 is 0 Å². The van der Waals surface area contributed by atoms with Crippen LogP contribution in [-0.4, -0.2) is 21.7 Å². The summed E-state index contributed by atoms with van der Waals surface area (Å²) in [5.41, 5.74) is 1.28. The van der Waals surface area contributed by atoms with Gasteiger partial charge in [-0.15, -0.1) is 0 Å². The lowest BCUT2D eigenvalue weighted by Gasteiger charge is -2.14. The van der Waals surface area contributed by atoms with E-state index in [1.54, 1.807) is 36.0 Å². The van der Waals surface area contributed by atoms with Gasteiger partial charge in [0, 0.05) is 17.8 Å². The van der Waals surface area contributed by atoms with E-state index in [2.05, 4.69) is 15.7 Å². The molecule has 0 aliphatic rings. The minimum Gasteiger partial charge on any atom is -0.371 e. The predicted octanol–water partition coefficient (Wildman–Crippen LogP) is 3.65. The molecule has 1 heterocycles. The van der Waals surface area contributed by atoms with Crippen LogP contribution in [-0.2, 0) is 11.3 Å². The number of rotatable bonds is 5. The fourth-order valence-electron chi connectivity index (χ4n) is 1.76. The molecule has 0 saturated heterocycles. The summed E-state index contributed by atoms with van der Waals surface area (Å²) in [6, 6.07) is 4.49. The molecule has 1 amide bonds. The van der Waals surface area contributed by atoms with Gasteiger partial charge in [0.25, 0.3) is 0 Å². The predicted molar refractivity (Wildman–Crippen MR) is 86.1 cm³/mol. The van der Waals surface area contributed by atoms with E-state index in [0.29, 0.717) is 15.7 Å². The second-order valence-electron chi connectivity index (χ2n) is 4.56. The van der Waals surface area contributed by atoms with Crippen molar-refractivity contribution in [3.63, 3.8) is 0 Å². The van der Waals surface area contributed by atoms with Crippen LogP contribution in [0.3, 0.4) is 0 Å². The number of hydrogen-bond acceptors (Lipinski definition) is 3. The molecular formula is C14H16Cl2N4O. The van der Waals surface area contributed by atoms with Gasteiger partial charge in [-0.25, -0.2) is 0 Å². The van der Waals surface area contributed by atoms with Crippen LogP contribution >= 0.6 is 23.2 Å². The fourth-order valence-corrected chi connectivity index (χ4v) is 2.10. The van der Waals surface area contributed by atoms with Crippen LogP contribution in [0.5, 0.6) is 0 Å². The molecule has 1 aromatic carbocycles. The van der Waals surface area contributed by atoms with E-state index in [4.69, 9.17) is 23.2 Å². The van der Waals surface area contributed by atoms with Crippen molar-refractivity contribution in [3.05, 3.63) is 40.6 Å². The summed E-state index contributed by atoms with van der Waals surface area (Å²) in [5, 5.41) is 10.9. The second kappa shape index (κ2) is 6.83. The van der Waals surface area contributed by atoms with Crippen LogP contribution in [0.25, 0.3) is 0 Å². The summed E-state index contributed by atoms with van der Waals surface area (Å²) in [5.74, 6) is -0.205.